The number of amides is 2. The maximum Gasteiger partial charge on any atom is 0.242 e. The number of nitrogens with one attached hydrogen (secondary N) is 1. The summed E-state index contributed by atoms with van der Waals surface area (Å²) in [4.78, 5) is 27.4. The van der Waals surface area contributed by atoms with Crippen molar-refractivity contribution in [3.8, 4) is 5.75 Å². The Bertz CT molecular complexity index is 837. The Morgan fingerprint density at radius 2 is 1.71 bits per heavy atom. The molecule has 6 heteroatoms. The smallest absolute Gasteiger partial charge is 0.242 e. The zero-order valence-corrected chi connectivity index (χ0v) is 19.6. The average molecular weight is 445 g/mol. The molecule has 0 aromatic heterocycles. The lowest BCUT2D eigenvalue weighted by Gasteiger charge is -2.29. The molecule has 0 aliphatic carbocycles. The second kappa shape index (κ2) is 12.4. The topological polar surface area (TPSA) is 58.6 Å². The summed E-state index contributed by atoms with van der Waals surface area (Å²) in [6.45, 7) is 8.56. The quantitative estimate of drug-likeness (QED) is 0.488. The van der Waals surface area contributed by atoms with E-state index in [1.807, 2.05) is 57.2 Å². The van der Waals surface area contributed by atoms with Gasteiger partial charge in [-0.05, 0) is 63.4 Å². The van der Waals surface area contributed by atoms with Crippen LogP contribution >= 0.6 is 11.6 Å². The Labute approximate surface area is 190 Å². The van der Waals surface area contributed by atoms with Crippen molar-refractivity contribution in [1.82, 2.24) is 10.2 Å². The van der Waals surface area contributed by atoms with Crippen molar-refractivity contribution >= 4 is 23.4 Å². The lowest BCUT2D eigenvalue weighted by Crippen LogP contribution is -2.49. The molecule has 0 heterocycles. The Balaban J connectivity index is 1.99. The van der Waals surface area contributed by atoms with E-state index >= 15 is 0 Å². The van der Waals surface area contributed by atoms with Crippen molar-refractivity contribution in [1.29, 1.82) is 0 Å². The van der Waals surface area contributed by atoms with Crippen molar-refractivity contribution in [2.45, 2.75) is 65.6 Å². The molecule has 0 spiro atoms. The normalized spacial score (nSPS) is 12.7. The van der Waals surface area contributed by atoms with Gasteiger partial charge in [-0.2, -0.15) is 0 Å². The minimum atomic E-state index is -0.574. The van der Waals surface area contributed by atoms with Crippen LogP contribution in [0.15, 0.2) is 48.5 Å². The third kappa shape index (κ3) is 8.25. The highest BCUT2D eigenvalue weighted by molar-refractivity contribution is 6.30. The van der Waals surface area contributed by atoms with Crippen LogP contribution in [0.1, 0.15) is 51.2 Å². The molecule has 168 valence electrons. The van der Waals surface area contributed by atoms with E-state index in [-0.39, 0.29) is 17.9 Å². The van der Waals surface area contributed by atoms with Gasteiger partial charge in [-0.25, -0.2) is 0 Å². The fraction of sp³-hybridized carbons (Fsp3) is 0.440. The first-order chi connectivity index (χ1) is 14.8. The lowest BCUT2D eigenvalue weighted by molar-refractivity contribution is -0.141. The van der Waals surface area contributed by atoms with Crippen LogP contribution in [0.4, 0.5) is 0 Å². The van der Waals surface area contributed by atoms with Gasteiger partial charge < -0.3 is 15.0 Å². The summed E-state index contributed by atoms with van der Waals surface area (Å²) in [6.07, 6.45) is 1.71. The third-order valence-corrected chi connectivity index (χ3v) is 5.51. The SMILES string of the molecule is CCC(C)NC(=O)C(C)N(Cc1ccc(Cl)cc1)C(=O)CCCOc1ccc(C)cc1. The minimum Gasteiger partial charge on any atom is -0.494 e. The number of aryl methyl sites for hydroxylation is 1. The molecule has 31 heavy (non-hydrogen) atoms. The predicted octanol–water partition coefficient (Wildman–Crippen LogP) is 5.14. The van der Waals surface area contributed by atoms with Crippen LogP contribution in [-0.2, 0) is 16.1 Å². The van der Waals surface area contributed by atoms with Crippen LogP contribution < -0.4 is 10.1 Å². The maximum absolute atomic E-state index is 13.0. The molecule has 2 amide bonds. The number of halogens is 1. The molecule has 0 radical (unpaired) electrons. The average Bonchev–Trinajstić information content (AvgIpc) is 2.76. The largest absolute Gasteiger partial charge is 0.494 e. The molecule has 0 saturated heterocycles. The van der Waals surface area contributed by atoms with Gasteiger partial charge in [-0.1, -0.05) is 48.4 Å². The Hall–Kier alpha value is -2.53. The highest BCUT2D eigenvalue weighted by atomic mass is 35.5. The second-order valence-electron chi connectivity index (χ2n) is 7.91. The number of carbonyl (C=O) groups excluding carboxylic acids is 2. The van der Waals surface area contributed by atoms with E-state index in [0.29, 0.717) is 31.0 Å². The molecule has 2 aromatic carbocycles. The molecule has 0 fully saturated rings. The fourth-order valence-corrected chi connectivity index (χ4v) is 3.15. The van der Waals surface area contributed by atoms with Gasteiger partial charge >= 0.3 is 0 Å². The fourth-order valence-electron chi connectivity index (χ4n) is 3.03. The molecule has 0 saturated carbocycles. The molecule has 0 bridgehead atoms. The van der Waals surface area contributed by atoms with Gasteiger partial charge in [0.15, 0.2) is 0 Å². The number of hydrogen-bond acceptors (Lipinski definition) is 3. The zero-order chi connectivity index (χ0) is 22.8. The van der Waals surface area contributed by atoms with Gasteiger partial charge in [0, 0.05) is 24.0 Å². The molecule has 2 aromatic rings. The monoisotopic (exact) mass is 444 g/mol. The summed E-state index contributed by atoms with van der Waals surface area (Å²) in [5, 5.41) is 3.61. The number of carbonyl (C=O) groups is 2. The van der Waals surface area contributed by atoms with Crippen LogP contribution in [-0.4, -0.2) is 35.4 Å². The molecule has 0 aliphatic heterocycles. The van der Waals surface area contributed by atoms with E-state index in [9.17, 15) is 9.59 Å². The molecule has 2 rings (SSSR count). The van der Waals surface area contributed by atoms with E-state index in [0.717, 1.165) is 17.7 Å². The van der Waals surface area contributed by atoms with Gasteiger partial charge in [-0.15, -0.1) is 0 Å². The number of rotatable bonds is 11. The van der Waals surface area contributed by atoms with E-state index in [1.165, 1.54) is 5.56 Å². The van der Waals surface area contributed by atoms with Gasteiger partial charge in [0.25, 0.3) is 0 Å². The minimum absolute atomic E-state index is 0.0605. The lowest BCUT2D eigenvalue weighted by atomic mass is 10.1. The Kier molecular flexibility index (Phi) is 9.86. The molecule has 0 aliphatic rings. The summed E-state index contributed by atoms with van der Waals surface area (Å²) < 4.78 is 5.73. The summed E-state index contributed by atoms with van der Waals surface area (Å²) in [6, 6.07) is 14.7. The number of hydrogen-bond donors (Lipinski definition) is 1. The Morgan fingerprint density at radius 1 is 1.06 bits per heavy atom. The summed E-state index contributed by atoms with van der Waals surface area (Å²) in [7, 11) is 0. The first-order valence-electron chi connectivity index (χ1n) is 10.8. The number of ether oxygens (including phenoxy) is 1. The van der Waals surface area contributed by atoms with Crippen molar-refractivity contribution < 1.29 is 14.3 Å². The second-order valence-corrected chi connectivity index (χ2v) is 8.34. The van der Waals surface area contributed by atoms with Crippen LogP contribution in [0.5, 0.6) is 5.75 Å². The van der Waals surface area contributed by atoms with E-state index in [4.69, 9.17) is 16.3 Å². The molecule has 2 unspecified atom stereocenters. The van der Waals surface area contributed by atoms with Crippen LogP contribution in [0.25, 0.3) is 0 Å². The standard InChI is InChI=1S/C25H33ClN2O3/c1-5-19(3)27-25(30)20(4)28(17-21-10-12-22(26)13-11-21)24(29)7-6-16-31-23-14-8-18(2)9-15-23/h8-15,19-20H,5-7,16-17H2,1-4H3,(H,27,30). The molecular formula is C25H33ClN2O3. The highest BCUT2D eigenvalue weighted by Crippen LogP contribution is 2.16. The van der Waals surface area contributed by atoms with Gasteiger partial charge in [0.1, 0.15) is 11.8 Å². The highest BCUT2D eigenvalue weighted by Gasteiger charge is 2.26. The first kappa shape index (κ1) is 24.7. The third-order valence-electron chi connectivity index (χ3n) is 5.26. The van der Waals surface area contributed by atoms with Gasteiger partial charge in [-0.3, -0.25) is 9.59 Å². The predicted molar refractivity (Wildman–Crippen MR) is 125 cm³/mol. The van der Waals surface area contributed by atoms with Crippen LogP contribution in [0, 0.1) is 6.92 Å². The Morgan fingerprint density at radius 3 is 2.32 bits per heavy atom. The van der Waals surface area contributed by atoms with Crippen molar-refractivity contribution in [3.63, 3.8) is 0 Å². The number of nitrogens with zero attached hydrogens (tertiary/aromatic N) is 1. The molecule has 2 atom stereocenters. The first-order valence-corrected chi connectivity index (χ1v) is 11.2. The van der Waals surface area contributed by atoms with Gasteiger partial charge in [0.05, 0.1) is 6.61 Å². The maximum atomic E-state index is 13.0. The van der Waals surface area contributed by atoms with Crippen molar-refractivity contribution in [3.05, 3.63) is 64.7 Å². The van der Waals surface area contributed by atoms with Crippen LogP contribution in [0.2, 0.25) is 5.02 Å². The van der Waals surface area contributed by atoms with Crippen LogP contribution in [0.3, 0.4) is 0 Å². The molecule has 5 nitrogen and oxygen atoms in total. The number of benzene rings is 2. The zero-order valence-electron chi connectivity index (χ0n) is 18.9. The van der Waals surface area contributed by atoms with E-state index in [1.54, 1.807) is 24.0 Å². The van der Waals surface area contributed by atoms with E-state index < -0.39 is 6.04 Å². The van der Waals surface area contributed by atoms with Crippen molar-refractivity contribution in [2.75, 3.05) is 6.61 Å². The van der Waals surface area contributed by atoms with E-state index in [2.05, 4.69) is 5.32 Å². The van der Waals surface area contributed by atoms with Crippen molar-refractivity contribution in [2.24, 2.45) is 0 Å². The summed E-state index contributed by atoms with van der Waals surface area (Å²) >= 11 is 5.98. The van der Waals surface area contributed by atoms with Gasteiger partial charge in [0.2, 0.25) is 11.8 Å². The summed E-state index contributed by atoms with van der Waals surface area (Å²) in [5.41, 5.74) is 2.10. The summed E-state index contributed by atoms with van der Waals surface area (Å²) in [5.74, 6) is 0.569. The molecule has 1 N–H and O–H groups in total. The molecular weight excluding hydrogens is 412 g/mol.